The quantitative estimate of drug-likeness (QED) is 0.160. The summed E-state index contributed by atoms with van der Waals surface area (Å²) in [7, 11) is -2.67. The fourth-order valence-electron chi connectivity index (χ4n) is 5.21. The molecule has 0 spiro atoms. The lowest BCUT2D eigenvalue weighted by Crippen LogP contribution is -2.54. The Kier molecular flexibility index (Phi) is 12.1. The molecule has 0 heterocycles. The van der Waals surface area contributed by atoms with E-state index in [0.717, 1.165) is 21.0 Å². The number of hydrogen-bond donors (Lipinski definition) is 1. The third kappa shape index (κ3) is 9.14. The van der Waals surface area contributed by atoms with Crippen LogP contribution >= 0.6 is 11.6 Å². The van der Waals surface area contributed by atoms with Crippen LogP contribution in [0.15, 0.2) is 102 Å². The summed E-state index contributed by atoms with van der Waals surface area (Å²) in [5, 5.41) is 3.49. The summed E-state index contributed by atoms with van der Waals surface area (Å²) in [6.45, 7) is 6.98. The number of benzene rings is 4. The minimum Gasteiger partial charge on any atom is -0.497 e. The first-order valence-electron chi connectivity index (χ1n) is 15.5. The number of rotatable bonds is 14. The van der Waals surface area contributed by atoms with Gasteiger partial charge in [-0.05, 0) is 86.3 Å². The highest BCUT2D eigenvalue weighted by Gasteiger charge is 2.35. The molecule has 0 bridgehead atoms. The SMILES string of the molecule is CCC(C)NC(=O)C(Cc1ccccc1)N(Cc1cccc(OC)c1)C(=O)CN(c1ccc(Cl)cc1C)S(=O)(=O)c1ccc(C)cc1. The summed E-state index contributed by atoms with van der Waals surface area (Å²) in [6.07, 6.45) is 0.926. The first-order valence-corrected chi connectivity index (χ1v) is 17.4. The van der Waals surface area contributed by atoms with Crippen molar-refractivity contribution in [2.75, 3.05) is 18.0 Å². The molecular formula is C37H42ClN3O5S. The second-order valence-electron chi connectivity index (χ2n) is 11.7. The molecule has 2 amide bonds. The van der Waals surface area contributed by atoms with E-state index in [1.54, 1.807) is 56.5 Å². The summed E-state index contributed by atoms with van der Waals surface area (Å²) < 4.78 is 35.1. The number of hydrogen-bond acceptors (Lipinski definition) is 5. The number of amides is 2. The van der Waals surface area contributed by atoms with Crippen molar-refractivity contribution in [3.8, 4) is 5.75 Å². The maximum Gasteiger partial charge on any atom is 0.264 e. The van der Waals surface area contributed by atoms with E-state index in [4.69, 9.17) is 16.3 Å². The Balaban J connectivity index is 1.84. The Morgan fingerprint density at radius 1 is 0.894 bits per heavy atom. The van der Waals surface area contributed by atoms with Crippen molar-refractivity contribution in [1.82, 2.24) is 10.2 Å². The molecule has 248 valence electrons. The molecule has 8 nitrogen and oxygen atoms in total. The molecule has 0 aromatic heterocycles. The normalized spacial score (nSPS) is 12.6. The van der Waals surface area contributed by atoms with Crippen molar-refractivity contribution in [3.05, 3.63) is 124 Å². The lowest BCUT2D eigenvalue weighted by atomic mass is 10.0. The molecule has 2 unspecified atom stereocenters. The third-order valence-electron chi connectivity index (χ3n) is 8.07. The third-order valence-corrected chi connectivity index (χ3v) is 10.1. The smallest absolute Gasteiger partial charge is 0.264 e. The maximum atomic E-state index is 14.7. The lowest BCUT2D eigenvalue weighted by Gasteiger charge is -2.34. The zero-order chi connectivity index (χ0) is 34.1. The minimum absolute atomic E-state index is 0.0411. The largest absolute Gasteiger partial charge is 0.497 e. The van der Waals surface area contributed by atoms with Crippen LogP contribution in [-0.4, -0.2) is 50.9 Å². The standard InChI is InChI=1S/C37H42ClN3O5S/c1-6-28(4)39-37(43)35(23-29-11-8-7-9-12-29)40(24-30-13-10-14-32(22-30)46-5)36(42)25-41(34-20-17-31(38)21-27(34)3)47(44,45)33-18-15-26(2)16-19-33/h7-22,28,35H,6,23-25H2,1-5H3,(H,39,43). The second-order valence-corrected chi connectivity index (χ2v) is 14.0. The van der Waals surface area contributed by atoms with Crippen LogP contribution < -0.4 is 14.4 Å². The van der Waals surface area contributed by atoms with Gasteiger partial charge >= 0.3 is 0 Å². The van der Waals surface area contributed by atoms with Gasteiger partial charge < -0.3 is 15.0 Å². The fourth-order valence-corrected chi connectivity index (χ4v) is 6.92. The van der Waals surface area contributed by atoms with E-state index in [1.807, 2.05) is 63.2 Å². The number of aryl methyl sites for hydroxylation is 2. The van der Waals surface area contributed by atoms with Crippen LogP contribution in [0, 0.1) is 13.8 Å². The van der Waals surface area contributed by atoms with Gasteiger partial charge in [-0.25, -0.2) is 8.42 Å². The van der Waals surface area contributed by atoms with E-state index in [2.05, 4.69) is 5.32 Å². The number of halogens is 1. The van der Waals surface area contributed by atoms with Crippen LogP contribution in [0.5, 0.6) is 5.75 Å². The van der Waals surface area contributed by atoms with Crippen molar-refractivity contribution in [2.24, 2.45) is 0 Å². The average Bonchev–Trinajstić information content (AvgIpc) is 3.06. The predicted octanol–water partition coefficient (Wildman–Crippen LogP) is 6.72. The highest BCUT2D eigenvalue weighted by Crippen LogP contribution is 2.30. The number of nitrogens with one attached hydrogen (secondary N) is 1. The fraction of sp³-hybridized carbons (Fsp3) is 0.297. The lowest BCUT2D eigenvalue weighted by molar-refractivity contribution is -0.140. The first-order chi connectivity index (χ1) is 22.4. The molecule has 4 aromatic carbocycles. The molecule has 4 rings (SSSR count). The van der Waals surface area contributed by atoms with Gasteiger partial charge in [0.05, 0.1) is 17.7 Å². The average molecular weight is 676 g/mol. The number of nitrogens with zero attached hydrogens (tertiary/aromatic N) is 2. The number of carbonyl (C=O) groups excluding carboxylic acids is 2. The molecule has 4 aromatic rings. The van der Waals surface area contributed by atoms with Crippen LogP contribution in [0.25, 0.3) is 0 Å². The van der Waals surface area contributed by atoms with E-state index in [-0.39, 0.29) is 29.8 Å². The Bertz CT molecular complexity index is 1780. The molecule has 1 N–H and O–H groups in total. The van der Waals surface area contributed by atoms with Crippen LogP contribution in [-0.2, 0) is 32.6 Å². The van der Waals surface area contributed by atoms with Gasteiger partial charge in [0.25, 0.3) is 10.0 Å². The molecule has 0 saturated carbocycles. The summed E-state index contributed by atoms with van der Waals surface area (Å²) in [6, 6.07) is 27.0. The topological polar surface area (TPSA) is 96.0 Å². The second kappa shape index (κ2) is 16.0. The molecular weight excluding hydrogens is 634 g/mol. The van der Waals surface area contributed by atoms with Crippen molar-refractivity contribution >= 4 is 39.1 Å². The van der Waals surface area contributed by atoms with E-state index in [1.165, 1.54) is 17.0 Å². The number of sulfonamides is 1. The van der Waals surface area contributed by atoms with Gasteiger partial charge in [-0.3, -0.25) is 13.9 Å². The Labute approximate surface area is 283 Å². The highest BCUT2D eigenvalue weighted by atomic mass is 35.5. The van der Waals surface area contributed by atoms with Crippen molar-refractivity contribution in [1.29, 1.82) is 0 Å². The number of ether oxygens (including phenoxy) is 1. The van der Waals surface area contributed by atoms with E-state index in [9.17, 15) is 18.0 Å². The molecule has 0 aliphatic carbocycles. The van der Waals surface area contributed by atoms with E-state index >= 15 is 0 Å². The highest BCUT2D eigenvalue weighted by molar-refractivity contribution is 7.92. The molecule has 2 atom stereocenters. The van der Waals surface area contributed by atoms with Crippen LogP contribution in [0.2, 0.25) is 5.02 Å². The van der Waals surface area contributed by atoms with Crippen molar-refractivity contribution in [2.45, 2.75) is 64.1 Å². The number of methoxy groups -OCH3 is 1. The number of carbonyl (C=O) groups is 2. The summed E-state index contributed by atoms with van der Waals surface area (Å²) in [4.78, 5) is 30.2. The Morgan fingerprint density at radius 2 is 1.57 bits per heavy atom. The zero-order valence-electron chi connectivity index (χ0n) is 27.4. The summed E-state index contributed by atoms with van der Waals surface area (Å²) in [5.41, 5.74) is 3.37. The van der Waals surface area contributed by atoms with Crippen LogP contribution in [0.3, 0.4) is 0 Å². The predicted molar refractivity (Wildman–Crippen MR) is 187 cm³/mol. The molecule has 0 saturated heterocycles. The van der Waals surface area contributed by atoms with Gasteiger partial charge in [-0.1, -0.05) is 78.7 Å². The first kappa shape index (κ1) is 35.5. The van der Waals surface area contributed by atoms with Crippen LogP contribution in [0.1, 0.15) is 42.5 Å². The van der Waals surface area contributed by atoms with Gasteiger partial charge in [0.1, 0.15) is 18.3 Å². The van der Waals surface area contributed by atoms with Crippen LogP contribution in [0.4, 0.5) is 5.69 Å². The van der Waals surface area contributed by atoms with E-state index < -0.39 is 28.5 Å². The summed E-state index contributed by atoms with van der Waals surface area (Å²) >= 11 is 6.25. The maximum absolute atomic E-state index is 14.7. The van der Waals surface area contributed by atoms with Gasteiger partial charge in [0.15, 0.2) is 0 Å². The Morgan fingerprint density at radius 3 is 2.21 bits per heavy atom. The van der Waals surface area contributed by atoms with E-state index in [0.29, 0.717) is 28.4 Å². The van der Waals surface area contributed by atoms with Gasteiger partial charge in [0, 0.05) is 24.0 Å². The molecule has 0 fully saturated rings. The van der Waals surface area contributed by atoms with Gasteiger partial charge in [0.2, 0.25) is 11.8 Å². The molecule has 0 aliphatic heterocycles. The van der Waals surface area contributed by atoms with Crippen molar-refractivity contribution < 1.29 is 22.7 Å². The molecule has 0 radical (unpaired) electrons. The van der Waals surface area contributed by atoms with Crippen molar-refractivity contribution in [3.63, 3.8) is 0 Å². The Hall–Kier alpha value is -4.34. The minimum atomic E-state index is -4.22. The molecule has 10 heteroatoms. The van der Waals surface area contributed by atoms with Gasteiger partial charge in [-0.15, -0.1) is 0 Å². The molecule has 0 aliphatic rings. The summed E-state index contributed by atoms with van der Waals surface area (Å²) in [5.74, 6) is -0.271. The van der Waals surface area contributed by atoms with Gasteiger partial charge in [-0.2, -0.15) is 0 Å². The zero-order valence-corrected chi connectivity index (χ0v) is 29.0. The number of anilines is 1. The monoisotopic (exact) mass is 675 g/mol. The molecule has 47 heavy (non-hydrogen) atoms.